The van der Waals surface area contributed by atoms with Crippen LogP contribution in [-0.4, -0.2) is 29.0 Å². The number of aromatic amines is 1. The predicted octanol–water partition coefficient (Wildman–Crippen LogP) is 1.29. The highest BCUT2D eigenvalue weighted by molar-refractivity contribution is 5.84. The average Bonchev–Trinajstić information content (AvgIpc) is 2.58. The third-order valence-corrected chi connectivity index (χ3v) is 3.31. The van der Waals surface area contributed by atoms with Crippen LogP contribution in [0.4, 0.5) is 5.69 Å². The molecule has 3 N–H and O–H groups in total. The van der Waals surface area contributed by atoms with Crippen LogP contribution in [0.2, 0.25) is 0 Å². The van der Waals surface area contributed by atoms with Crippen molar-refractivity contribution in [1.82, 2.24) is 15.3 Å². The van der Waals surface area contributed by atoms with E-state index in [-0.39, 0.29) is 24.1 Å². The number of rotatable bonds is 7. The molecule has 1 atom stereocenters. The molecule has 0 aliphatic carbocycles. The number of benzene rings is 1. The highest BCUT2D eigenvalue weighted by Crippen LogP contribution is 2.18. The van der Waals surface area contributed by atoms with Crippen LogP contribution in [-0.2, 0) is 11.3 Å². The Labute approximate surface area is 134 Å². The molecule has 1 aromatic heterocycles. The Morgan fingerprint density at radius 2 is 2.22 bits per heavy atom. The third-order valence-electron chi connectivity index (χ3n) is 3.31. The molecule has 0 saturated heterocycles. The maximum atomic E-state index is 12.3. The van der Waals surface area contributed by atoms with Crippen LogP contribution in [0, 0.1) is 0 Å². The quantitative estimate of drug-likeness (QED) is 0.715. The number of carbonyl (C=O) groups excluding carboxylic acids is 1. The van der Waals surface area contributed by atoms with E-state index >= 15 is 0 Å². The normalized spacial score (nSPS) is 11.6. The van der Waals surface area contributed by atoms with Gasteiger partial charge in [0.15, 0.2) is 0 Å². The van der Waals surface area contributed by atoms with E-state index in [0.717, 1.165) is 11.4 Å². The Morgan fingerprint density at radius 1 is 1.39 bits per heavy atom. The lowest BCUT2D eigenvalue weighted by atomic mass is 10.2. The number of nitrogens with zero attached hydrogens (tertiary/aromatic N) is 1. The lowest BCUT2D eigenvalue weighted by Crippen LogP contribution is -2.39. The first-order valence-corrected chi connectivity index (χ1v) is 7.34. The maximum Gasteiger partial charge on any atom is 0.250 e. The van der Waals surface area contributed by atoms with Crippen molar-refractivity contribution in [3.63, 3.8) is 0 Å². The van der Waals surface area contributed by atoms with Crippen LogP contribution in [0.15, 0.2) is 41.5 Å². The third kappa shape index (κ3) is 4.84. The molecule has 0 saturated carbocycles. The van der Waals surface area contributed by atoms with E-state index in [0.29, 0.717) is 12.1 Å². The van der Waals surface area contributed by atoms with E-state index in [2.05, 4.69) is 20.6 Å². The number of anilines is 1. The number of aromatic nitrogens is 2. The summed E-state index contributed by atoms with van der Waals surface area (Å²) >= 11 is 0. The van der Waals surface area contributed by atoms with Crippen LogP contribution in [0.5, 0.6) is 5.75 Å². The second-order valence-electron chi connectivity index (χ2n) is 4.96. The summed E-state index contributed by atoms with van der Waals surface area (Å²) in [6.45, 7) is 2.13. The molecule has 2 aromatic rings. The Kier molecular flexibility index (Phi) is 5.74. The van der Waals surface area contributed by atoms with Gasteiger partial charge in [-0.3, -0.25) is 9.59 Å². The molecule has 7 nitrogen and oxygen atoms in total. The summed E-state index contributed by atoms with van der Waals surface area (Å²) < 4.78 is 5.17. The molecule has 0 bridgehead atoms. The lowest BCUT2D eigenvalue weighted by molar-refractivity contribution is -0.122. The lowest BCUT2D eigenvalue weighted by Gasteiger charge is -2.18. The van der Waals surface area contributed by atoms with Gasteiger partial charge in [-0.05, 0) is 18.6 Å². The standard InChI is InChI=1S/C16H20N4O3/c1-3-14(20-11-5-4-6-13(7-11)23-2)16(22)17-9-12-8-15(21)19-10-18-12/h4-8,10,14,20H,3,9H2,1-2H3,(H,17,22)(H,18,19,21)/t14-/m0/s1. The first-order chi connectivity index (χ1) is 11.1. The predicted molar refractivity (Wildman–Crippen MR) is 87.4 cm³/mol. The van der Waals surface area contributed by atoms with E-state index in [4.69, 9.17) is 4.74 Å². The van der Waals surface area contributed by atoms with Gasteiger partial charge >= 0.3 is 0 Å². The van der Waals surface area contributed by atoms with Gasteiger partial charge in [-0.25, -0.2) is 4.98 Å². The van der Waals surface area contributed by atoms with Gasteiger partial charge in [0.1, 0.15) is 11.8 Å². The molecular formula is C16H20N4O3. The Morgan fingerprint density at radius 3 is 2.91 bits per heavy atom. The molecule has 2 rings (SSSR count). The number of nitrogens with one attached hydrogen (secondary N) is 3. The van der Waals surface area contributed by atoms with E-state index in [1.165, 1.54) is 12.4 Å². The van der Waals surface area contributed by atoms with Gasteiger partial charge in [0.25, 0.3) is 5.56 Å². The number of hydrogen-bond donors (Lipinski definition) is 3. The Hall–Kier alpha value is -2.83. The van der Waals surface area contributed by atoms with Crippen LogP contribution in [0.25, 0.3) is 0 Å². The smallest absolute Gasteiger partial charge is 0.250 e. The molecule has 0 fully saturated rings. The number of methoxy groups -OCH3 is 1. The van der Waals surface area contributed by atoms with E-state index in [1.54, 1.807) is 7.11 Å². The minimum Gasteiger partial charge on any atom is -0.497 e. The molecular weight excluding hydrogens is 296 g/mol. The zero-order chi connectivity index (χ0) is 16.7. The number of ether oxygens (including phenoxy) is 1. The van der Waals surface area contributed by atoms with Crippen molar-refractivity contribution in [2.75, 3.05) is 12.4 Å². The molecule has 1 amide bonds. The van der Waals surface area contributed by atoms with Crippen LogP contribution in [0.1, 0.15) is 19.0 Å². The van der Waals surface area contributed by atoms with Gasteiger partial charge in [-0.15, -0.1) is 0 Å². The number of carbonyl (C=O) groups is 1. The molecule has 0 radical (unpaired) electrons. The SMILES string of the molecule is CC[C@H](Nc1cccc(OC)c1)C(=O)NCc1cc(=O)[nH]cn1. The van der Waals surface area contributed by atoms with E-state index in [9.17, 15) is 9.59 Å². The molecule has 1 heterocycles. The summed E-state index contributed by atoms with van der Waals surface area (Å²) in [6.07, 6.45) is 1.93. The fraction of sp³-hybridized carbons (Fsp3) is 0.312. The van der Waals surface area contributed by atoms with Crippen molar-refractivity contribution >= 4 is 11.6 Å². The van der Waals surface area contributed by atoms with E-state index < -0.39 is 0 Å². The first-order valence-electron chi connectivity index (χ1n) is 7.34. The van der Waals surface area contributed by atoms with E-state index in [1.807, 2.05) is 31.2 Å². The summed E-state index contributed by atoms with van der Waals surface area (Å²) in [4.78, 5) is 29.9. The maximum absolute atomic E-state index is 12.3. The van der Waals surface area contributed by atoms with Gasteiger partial charge in [0, 0.05) is 17.8 Å². The molecule has 0 spiro atoms. The Bertz CT molecular complexity index is 714. The fourth-order valence-corrected chi connectivity index (χ4v) is 2.07. The number of H-pyrrole nitrogens is 1. The van der Waals surface area contributed by atoms with Crippen molar-refractivity contribution in [3.05, 3.63) is 52.7 Å². The summed E-state index contributed by atoms with van der Waals surface area (Å²) in [5.74, 6) is 0.565. The minimum absolute atomic E-state index is 0.155. The minimum atomic E-state index is -0.385. The van der Waals surface area contributed by atoms with Crippen LogP contribution < -0.4 is 20.9 Å². The van der Waals surface area contributed by atoms with Gasteiger partial charge in [0.05, 0.1) is 25.7 Å². The molecule has 0 aliphatic heterocycles. The van der Waals surface area contributed by atoms with Gasteiger partial charge in [-0.1, -0.05) is 13.0 Å². The second kappa shape index (κ2) is 7.98. The number of hydrogen-bond acceptors (Lipinski definition) is 5. The average molecular weight is 316 g/mol. The van der Waals surface area contributed by atoms with Crippen LogP contribution in [0.3, 0.4) is 0 Å². The summed E-state index contributed by atoms with van der Waals surface area (Å²) in [5, 5.41) is 5.95. The van der Waals surface area contributed by atoms with Crippen molar-refractivity contribution in [3.8, 4) is 5.75 Å². The molecule has 1 aromatic carbocycles. The largest absolute Gasteiger partial charge is 0.497 e. The zero-order valence-electron chi connectivity index (χ0n) is 13.1. The van der Waals surface area contributed by atoms with Crippen molar-refractivity contribution in [1.29, 1.82) is 0 Å². The van der Waals surface area contributed by atoms with Crippen molar-refractivity contribution in [2.24, 2.45) is 0 Å². The first kappa shape index (κ1) is 16.5. The zero-order valence-corrected chi connectivity index (χ0v) is 13.1. The second-order valence-corrected chi connectivity index (χ2v) is 4.96. The summed E-state index contributed by atoms with van der Waals surface area (Å²) in [5.41, 5.74) is 1.07. The molecule has 7 heteroatoms. The molecule has 122 valence electrons. The summed E-state index contributed by atoms with van der Waals surface area (Å²) in [7, 11) is 1.59. The monoisotopic (exact) mass is 316 g/mol. The fourth-order valence-electron chi connectivity index (χ4n) is 2.07. The van der Waals surface area contributed by atoms with Crippen LogP contribution >= 0.6 is 0 Å². The van der Waals surface area contributed by atoms with Crippen molar-refractivity contribution in [2.45, 2.75) is 25.9 Å². The van der Waals surface area contributed by atoms with Gasteiger partial charge in [-0.2, -0.15) is 0 Å². The molecule has 0 unspecified atom stereocenters. The Balaban J connectivity index is 1.96. The summed E-state index contributed by atoms with van der Waals surface area (Å²) in [6, 6.07) is 8.36. The highest BCUT2D eigenvalue weighted by Gasteiger charge is 2.16. The molecule has 0 aliphatic rings. The van der Waals surface area contributed by atoms with Gasteiger partial charge in [0.2, 0.25) is 5.91 Å². The number of amides is 1. The molecule has 23 heavy (non-hydrogen) atoms. The highest BCUT2D eigenvalue weighted by atomic mass is 16.5. The van der Waals surface area contributed by atoms with Gasteiger partial charge < -0.3 is 20.4 Å². The topological polar surface area (TPSA) is 96.1 Å². The van der Waals surface area contributed by atoms with Crippen molar-refractivity contribution < 1.29 is 9.53 Å².